The first kappa shape index (κ1) is 13.6. The lowest BCUT2D eigenvalue weighted by atomic mass is 10.2. The fourth-order valence-electron chi connectivity index (χ4n) is 1.55. The summed E-state index contributed by atoms with van der Waals surface area (Å²) in [4.78, 5) is 11.5. The van der Waals surface area contributed by atoms with Crippen LogP contribution in [0.3, 0.4) is 0 Å². The van der Waals surface area contributed by atoms with Crippen LogP contribution in [-0.4, -0.2) is 19.2 Å². The van der Waals surface area contributed by atoms with E-state index in [0.29, 0.717) is 0 Å². The molecule has 0 saturated heterocycles. The Hall–Kier alpha value is -2.82. The third-order valence-corrected chi connectivity index (χ3v) is 2.49. The third kappa shape index (κ3) is 3.58. The van der Waals surface area contributed by atoms with Crippen LogP contribution in [0, 0.1) is 0 Å². The van der Waals surface area contributed by atoms with Gasteiger partial charge in [-0.15, -0.1) is 0 Å². The second kappa shape index (κ2) is 6.94. The van der Waals surface area contributed by atoms with Gasteiger partial charge in [-0.2, -0.15) is 5.10 Å². The lowest BCUT2D eigenvalue weighted by molar-refractivity contribution is 0.0927. The molecule has 0 aliphatic heterocycles. The normalized spacial score (nSPS) is 11.1. The molecule has 102 valence electrons. The zero-order valence-corrected chi connectivity index (χ0v) is 10.9. The lowest BCUT2D eigenvalue weighted by Crippen LogP contribution is -2.16. The Labute approximate surface area is 116 Å². The molecule has 1 amide bonds. The summed E-state index contributed by atoms with van der Waals surface area (Å²) in [6, 6.07) is 10.8. The fourth-order valence-corrected chi connectivity index (χ4v) is 1.55. The first-order valence-electron chi connectivity index (χ1n) is 5.98. The minimum atomic E-state index is -0.392. The number of nitrogens with one attached hydrogen (secondary N) is 1. The number of furan rings is 1. The maximum absolute atomic E-state index is 11.5. The summed E-state index contributed by atoms with van der Waals surface area (Å²) in [5.41, 5.74) is 3.28. The van der Waals surface area contributed by atoms with Gasteiger partial charge in [0.25, 0.3) is 0 Å². The first-order valence-corrected chi connectivity index (χ1v) is 5.98. The van der Waals surface area contributed by atoms with Crippen molar-refractivity contribution in [2.75, 3.05) is 7.11 Å². The number of para-hydroxylation sites is 1. The minimum absolute atomic E-state index is 0.218. The Morgan fingerprint density at radius 1 is 1.30 bits per heavy atom. The predicted octanol–water partition coefficient (Wildman–Crippen LogP) is 2.72. The second-order valence-electron chi connectivity index (χ2n) is 3.80. The Bertz CT molecular complexity index is 616. The summed E-state index contributed by atoms with van der Waals surface area (Å²) >= 11 is 0. The van der Waals surface area contributed by atoms with Crippen molar-refractivity contribution in [2.45, 2.75) is 0 Å². The Balaban J connectivity index is 1.90. The molecule has 0 fully saturated rings. The van der Waals surface area contributed by atoms with Gasteiger partial charge in [0.1, 0.15) is 5.75 Å². The largest absolute Gasteiger partial charge is 0.496 e. The number of hydrogen-bond donors (Lipinski definition) is 1. The highest BCUT2D eigenvalue weighted by Gasteiger charge is 2.05. The van der Waals surface area contributed by atoms with Gasteiger partial charge in [-0.25, -0.2) is 5.43 Å². The molecular formula is C15H14N2O3. The summed E-state index contributed by atoms with van der Waals surface area (Å²) in [6.07, 6.45) is 6.45. The predicted molar refractivity (Wildman–Crippen MR) is 76.7 cm³/mol. The van der Waals surface area contributed by atoms with Crippen molar-refractivity contribution in [1.82, 2.24) is 5.43 Å². The molecule has 0 atom stereocenters. The average molecular weight is 270 g/mol. The van der Waals surface area contributed by atoms with Crippen molar-refractivity contribution in [1.29, 1.82) is 0 Å². The van der Waals surface area contributed by atoms with E-state index in [4.69, 9.17) is 9.15 Å². The van der Waals surface area contributed by atoms with Gasteiger partial charge in [0, 0.05) is 11.8 Å². The van der Waals surface area contributed by atoms with Crippen molar-refractivity contribution in [2.24, 2.45) is 5.10 Å². The van der Waals surface area contributed by atoms with E-state index in [1.807, 2.05) is 30.3 Å². The monoisotopic (exact) mass is 270 g/mol. The number of benzene rings is 1. The number of carbonyl (C=O) groups is 1. The summed E-state index contributed by atoms with van der Waals surface area (Å²) < 4.78 is 10.1. The summed E-state index contributed by atoms with van der Waals surface area (Å²) in [5.74, 6) is 0.601. The van der Waals surface area contributed by atoms with Gasteiger partial charge < -0.3 is 9.15 Å². The highest BCUT2D eigenvalue weighted by Crippen LogP contribution is 2.18. The molecule has 2 aromatic rings. The Morgan fingerprint density at radius 2 is 2.15 bits per heavy atom. The van der Waals surface area contributed by atoms with Crippen LogP contribution < -0.4 is 10.2 Å². The van der Waals surface area contributed by atoms with Gasteiger partial charge in [0.15, 0.2) is 5.76 Å². The molecule has 5 heteroatoms. The van der Waals surface area contributed by atoms with Crippen LogP contribution in [0.1, 0.15) is 16.1 Å². The van der Waals surface area contributed by atoms with Crippen LogP contribution in [0.15, 0.2) is 58.3 Å². The van der Waals surface area contributed by atoms with Crippen LogP contribution in [0.5, 0.6) is 5.75 Å². The SMILES string of the molecule is COc1ccccc1/C=C/C=NNC(=O)c1ccco1. The van der Waals surface area contributed by atoms with Gasteiger partial charge >= 0.3 is 5.91 Å². The van der Waals surface area contributed by atoms with E-state index < -0.39 is 5.91 Å². The molecule has 0 saturated carbocycles. The van der Waals surface area contributed by atoms with Crippen LogP contribution in [0.25, 0.3) is 6.08 Å². The van der Waals surface area contributed by atoms with Crippen molar-refractivity contribution < 1.29 is 13.9 Å². The van der Waals surface area contributed by atoms with Crippen molar-refractivity contribution >= 4 is 18.2 Å². The number of rotatable bonds is 5. The molecule has 0 spiro atoms. The standard InChI is InChI=1S/C15H14N2O3/c1-19-13-8-3-2-6-12(13)7-4-10-16-17-15(18)14-9-5-11-20-14/h2-11H,1H3,(H,17,18)/b7-4+,16-10?. The molecule has 0 aliphatic rings. The topological polar surface area (TPSA) is 63.8 Å². The number of allylic oxidation sites excluding steroid dienone is 1. The highest BCUT2D eigenvalue weighted by molar-refractivity contribution is 5.92. The zero-order chi connectivity index (χ0) is 14.2. The average Bonchev–Trinajstić information content (AvgIpc) is 3.01. The van der Waals surface area contributed by atoms with E-state index in [0.717, 1.165) is 11.3 Å². The van der Waals surface area contributed by atoms with Gasteiger partial charge in [0.05, 0.1) is 13.4 Å². The molecule has 0 bridgehead atoms. The fraction of sp³-hybridized carbons (Fsp3) is 0.0667. The van der Waals surface area contributed by atoms with Crippen molar-refractivity contribution in [3.63, 3.8) is 0 Å². The molecule has 1 aromatic heterocycles. The molecule has 0 radical (unpaired) electrons. The Morgan fingerprint density at radius 3 is 2.90 bits per heavy atom. The summed E-state index contributed by atoms with van der Waals surface area (Å²) in [6.45, 7) is 0. The molecule has 1 heterocycles. The molecule has 1 N–H and O–H groups in total. The van der Waals surface area contributed by atoms with E-state index in [1.165, 1.54) is 12.5 Å². The van der Waals surface area contributed by atoms with E-state index in [-0.39, 0.29) is 5.76 Å². The third-order valence-electron chi connectivity index (χ3n) is 2.49. The van der Waals surface area contributed by atoms with Crippen LogP contribution in [0.2, 0.25) is 0 Å². The maximum Gasteiger partial charge on any atom is 0.307 e. The number of hydrogen-bond acceptors (Lipinski definition) is 4. The van der Waals surface area contributed by atoms with E-state index in [9.17, 15) is 4.79 Å². The van der Waals surface area contributed by atoms with Crippen molar-refractivity contribution in [3.05, 3.63) is 60.1 Å². The molecule has 5 nitrogen and oxygen atoms in total. The summed E-state index contributed by atoms with van der Waals surface area (Å²) in [7, 11) is 1.62. The van der Waals surface area contributed by atoms with Gasteiger partial charge in [-0.05, 0) is 30.4 Å². The summed E-state index contributed by atoms with van der Waals surface area (Å²) in [5, 5.41) is 3.79. The van der Waals surface area contributed by atoms with Gasteiger partial charge in [0.2, 0.25) is 0 Å². The van der Waals surface area contributed by atoms with E-state index >= 15 is 0 Å². The molecular weight excluding hydrogens is 256 g/mol. The van der Waals surface area contributed by atoms with E-state index in [1.54, 1.807) is 25.3 Å². The molecule has 0 aliphatic carbocycles. The molecule has 0 unspecified atom stereocenters. The molecule has 1 aromatic carbocycles. The maximum atomic E-state index is 11.5. The smallest absolute Gasteiger partial charge is 0.307 e. The zero-order valence-electron chi connectivity index (χ0n) is 10.9. The number of amides is 1. The first-order chi connectivity index (χ1) is 9.81. The number of hydrazone groups is 1. The van der Waals surface area contributed by atoms with Crippen LogP contribution >= 0.6 is 0 Å². The number of nitrogens with zero attached hydrogens (tertiary/aromatic N) is 1. The van der Waals surface area contributed by atoms with Gasteiger partial charge in [-0.1, -0.05) is 18.2 Å². The minimum Gasteiger partial charge on any atom is -0.496 e. The van der Waals surface area contributed by atoms with E-state index in [2.05, 4.69) is 10.5 Å². The number of ether oxygens (including phenoxy) is 1. The number of methoxy groups -OCH3 is 1. The second-order valence-corrected chi connectivity index (χ2v) is 3.80. The van der Waals surface area contributed by atoms with Gasteiger partial charge in [-0.3, -0.25) is 4.79 Å². The Kier molecular flexibility index (Phi) is 4.72. The van der Waals surface area contributed by atoms with Crippen molar-refractivity contribution in [3.8, 4) is 5.75 Å². The van der Waals surface area contributed by atoms with Crippen LogP contribution in [0.4, 0.5) is 0 Å². The lowest BCUT2D eigenvalue weighted by Gasteiger charge is -2.02. The highest BCUT2D eigenvalue weighted by atomic mass is 16.5. The number of carbonyl (C=O) groups excluding carboxylic acids is 1. The molecule has 20 heavy (non-hydrogen) atoms. The quantitative estimate of drug-likeness (QED) is 0.671. The van der Waals surface area contributed by atoms with Crippen LogP contribution in [-0.2, 0) is 0 Å². The molecule has 2 rings (SSSR count).